The number of benzene rings is 1. The molecule has 2 heterocycles. The van der Waals surface area contributed by atoms with E-state index < -0.39 is 0 Å². The summed E-state index contributed by atoms with van der Waals surface area (Å²) >= 11 is 5.46. The van der Waals surface area contributed by atoms with E-state index >= 15 is 0 Å². The smallest absolute Gasteiger partial charge is 0.225 e. The number of ether oxygens (including phenoxy) is 2. The summed E-state index contributed by atoms with van der Waals surface area (Å²) in [6.07, 6.45) is 0. The second-order valence-corrected chi connectivity index (χ2v) is 5.26. The van der Waals surface area contributed by atoms with Crippen molar-refractivity contribution >= 4 is 12.2 Å². The second kappa shape index (κ2) is 6.33. The quantitative estimate of drug-likeness (QED) is 0.785. The Kier molecular flexibility index (Phi) is 4.28. The highest BCUT2D eigenvalue weighted by atomic mass is 32.1. The Morgan fingerprint density at radius 3 is 2.62 bits per heavy atom. The Bertz CT molecular complexity index is 645. The molecule has 1 fully saturated rings. The van der Waals surface area contributed by atoms with Crippen molar-refractivity contribution in [3.8, 4) is 11.4 Å². The van der Waals surface area contributed by atoms with Crippen LogP contribution in [0.3, 0.4) is 0 Å². The third-order valence-corrected chi connectivity index (χ3v) is 3.91. The van der Waals surface area contributed by atoms with E-state index in [1.165, 1.54) is 4.90 Å². The van der Waals surface area contributed by atoms with Gasteiger partial charge >= 0.3 is 0 Å². The molecule has 21 heavy (non-hydrogen) atoms. The highest BCUT2D eigenvalue weighted by Gasteiger charge is 2.16. The van der Waals surface area contributed by atoms with Crippen molar-refractivity contribution in [2.75, 3.05) is 33.4 Å². The Hall–Kier alpha value is -1.77. The molecule has 0 radical (unpaired) electrons. The molecule has 1 saturated heterocycles. The SMILES string of the molecule is COc1ccc(-n2nnn(C[NH+]3CCOCC3)c2=S)cc1. The number of quaternary nitrogens is 1. The van der Waals surface area contributed by atoms with Gasteiger partial charge in [0.05, 0.1) is 26.0 Å². The first-order chi connectivity index (χ1) is 10.3. The van der Waals surface area contributed by atoms with Gasteiger partial charge in [-0.3, -0.25) is 0 Å². The van der Waals surface area contributed by atoms with Crippen LogP contribution in [0.5, 0.6) is 5.75 Å². The number of hydrogen-bond donors (Lipinski definition) is 1. The molecule has 8 heteroatoms. The van der Waals surface area contributed by atoms with Crippen molar-refractivity contribution in [1.29, 1.82) is 0 Å². The van der Waals surface area contributed by atoms with E-state index in [1.54, 1.807) is 16.5 Å². The van der Waals surface area contributed by atoms with Gasteiger partial charge in [-0.05, 0) is 46.9 Å². The molecule has 1 aromatic heterocycles. The van der Waals surface area contributed by atoms with Gasteiger partial charge in [0.25, 0.3) is 0 Å². The first-order valence-corrected chi connectivity index (χ1v) is 7.27. The Balaban J connectivity index is 1.79. The second-order valence-electron chi connectivity index (χ2n) is 4.89. The van der Waals surface area contributed by atoms with Crippen LogP contribution in [-0.2, 0) is 11.4 Å². The van der Waals surface area contributed by atoms with Gasteiger partial charge in [0, 0.05) is 0 Å². The molecule has 7 nitrogen and oxygen atoms in total. The van der Waals surface area contributed by atoms with E-state index in [0.717, 1.165) is 44.4 Å². The van der Waals surface area contributed by atoms with Gasteiger partial charge in [-0.25, -0.2) is 0 Å². The maximum absolute atomic E-state index is 5.46. The minimum atomic E-state index is 0.596. The van der Waals surface area contributed by atoms with Crippen LogP contribution in [0.1, 0.15) is 0 Å². The van der Waals surface area contributed by atoms with Gasteiger partial charge in [-0.1, -0.05) is 0 Å². The summed E-state index contributed by atoms with van der Waals surface area (Å²) < 4.78 is 14.5. The maximum atomic E-state index is 5.46. The Labute approximate surface area is 127 Å². The predicted octanol–water partition coefficient (Wildman–Crippen LogP) is -0.321. The molecule has 1 aromatic carbocycles. The number of rotatable bonds is 4. The van der Waals surface area contributed by atoms with Crippen molar-refractivity contribution in [1.82, 2.24) is 19.8 Å². The third-order valence-electron chi connectivity index (χ3n) is 3.53. The molecule has 0 spiro atoms. The first kappa shape index (κ1) is 14.2. The van der Waals surface area contributed by atoms with E-state index in [1.807, 2.05) is 24.3 Å². The summed E-state index contributed by atoms with van der Waals surface area (Å²) in [7, 11) is 1.64. The average molecular weight is 308 g/mol. The standard InChI is InChI=1S/C13H17N5O2S/c1-19-12-4-2-11(3-5-12)18-13(21)17(14-15-18)10-16-6-8-20-9-7-16/h2-5H,6-10H2,1H3/p+1. The van der Waals surface area contributed by atoms with Gasteiger partial charge in [0.2, 0.25) is 4.77 Å². The summed E-state index contributed by atoms with van der Waals surface area (Å²) in [6, 6.07) is 7.58. The molecule has 3 rings (SSSR count). The number of methoxy groups -OCH3 is 1. The molecule has 1 aliphatic heterocycles. The van der Waals surface area contributed by atoms with Crippen molar-refractivity contribution < 1.29 is 14.4 Å². The van der Waals surface area contributed by atoms with Gasteiger partial charge < -0.3 is 14.4 Å². The zero-order valence-electron chi connectivity index (χ0n) is 11.9. The zero-order chi connectivity index (χ0) is 14.7. The molecule has 0 unspecified atom stereocenters. The first-order valence-electron chi connectivity index (χ1n) is 6.86. The largest absolute Gasteiger partial charge is 0.497 e. The maximum Gasteiger partial charge on any atom is 0.225 e. The molecule has 1 N–H and O–H groups in total. The molecule has 0 atom stereocenters. The molecule has 0 bridgehead atoms. The Morgan fingerprint density at radius 2 is 1.95 bits per heavy atom. The van der Waals surface area contributed by atoms with Crippen LogP contribution in [-0.4, -0.2) is 53.2 Å². The lowest BCUT2D eigenvalue weighted by Crippen LogP contribution is -3.13. The normalized spacial score (nSPS) is 16.0. The fraction of sp³-hybridized carbons (Fsp3) is 0.462. The molecular weight excluding hydrogens is 290 g/mol. The average Bonchev–Trinajstić information content (AvgIpc) is 2.89. The molecule has 0 amide bonds. The van der Waals surface area contributed by atoms with Crippen LogP contribution in [0, 0.1) is 4.77 Å². The minimum absolute atomic E-state index is 0.596. The number of tetrazole rings is 1. The van der Waals surface area contributed by atoms with E-state index in [9.17, 15) is 0 Å². The lowest BCUT2D eigenvalue weighted by atomic mass is 10.3. The molecular formula is C13H18N5O2S+. The summed E-state index contributed by atoms with van der Waals surface area (Å²) in [4.78, 5) is 1.40. The van der Waals surface area contributed by atoms with Crippen molar-refractivity contribution in [3.63, 3.8) is 0 Å². The van der Waals surface area contributed by atoms with Crippen molar-refractivity contribution in [2.24, 2.45) is 0 Å². The fourth-order valence-electron chi connectivity index (χ4n) is 2.29. The van der Waals surface area contributed by atoms with Crippen LogP contribution >= 0.6 is 12.2 Å². The van der Waals surface area contributed by atoms with Crippen LogP contribution in [0.25, 0.3) is 5.69 Å². The van der Waals surface area contributed by atoms with E-state index in [4.69, 9.17) is 21.7 Å². The van der Waals surface area contributed by atoms with Crippen LogP contribution in [0.15, 0.2) is 24.3 Å². The molecule has 1 aliphatic rings. The highest BCUT2D eigenvalue weighted by molar-refractivity contribution is 7.71. The lowest BCUT2D eigenvalue weighted by Gasteiger charge is -2.22. The van der Waals surface area contributed by atoms with Gasteiger partial charge in [-0.15, -0.1) is 0 Å². The van der Waals surface area contributed by atoms with Gasteiger partial charge in [0.15, 0.2) is 6.67 Å². The van der Waals surface area contributed by atoms with Crippen molar-refractivity contribution in [2.45, 2.75) is 6.67 Å². The van der Waals surface area contributed by atoms with Gasteiger partial charge in [0.1, 0.15) is 18.8 Å². The number of nitrogens with one attached hydrogen (secondary N) is 1. The summed E-state index contributed by atoms with van der Waals surface area (Å²) in [5.74, 6) is 0.801. The van der Waals surface area contributed by atoms with E-state index in [2.05, 4.69) is 10.4 Å². The molecule has 112 valence electrons. The number of morpholine rings is 1. The van der Waals surface area contributed by atoms with Crippen LogP contribution in [0.4, 0.5) is 0 Å². The molecule has 2 aromatic rings. The zero-order valence-corrected chi connectivity index (χ0v) is 12.7. The third kappa shape index (κ3) is 3.12. The Morgan fingerprint density at radius 1 is 1.24 bits per heavy atom. The van der Waals surface area contributed by atoms with Crippen LogP contribution in [0.2, 0.25) is 0 Å². The van der Waals surface area contributed by atoms with E-state index in [-0.39, 0.29) is 0 Å². The topological polar surface area (TPSA) is 58.5 Å². The molecule has 0 saturated carbocycles. The van der Waals surface area contributed by atoms with Crippen molar-refractivity contribution in [3.05, 3.63) is 29.0 Å². The van der Waals surface area contributed by atoms with Crippen LogP contribution < -0.4 is 9.64 Å². The number of aromatic nitrogens is 4. The predicted molar refractivity (Wildman–Crippen MR) is 78.3 cm³/mol. The summed E-state index contributed by atoms with van der Waals surface area (Å²) in [5, 5.41) is 8.31. The van der Waals surface area contributed by atoms with E-state index in [0.29, 0.717) is 4.77 Å². The summed E-state index contributed by atoms with van der Waals surface area (Å²) in [6.45, 7) is 4.23. The molecule has 0 aliphatic carbocycles. The lowest BCUT2D eigenvalue weighted by molar-refractivity contribution is -0.931. The number of hydrogen-bond acceptors (Lipinski definition) is 5. The monoisotopic (exact) mass is 308 g/mol. The fourth-order valence-corrected chi connectivity index (χ4v) is 2.53. The van der Waals surface area contributed by atoms with Gasteiger partial charge in [-0.2, -0.15) is 9.36 Å². The summed E-state index contributed by atoms with van der Waals surface area (Å²) in [5.41, 5.74) is 0.879. The number of nitrogens with zero attached hydrogens (tertiary/aromatic N) is 4. The highest BCUT2D eigenvalue weighted by Crippen LogP contribution is 2.14. The minimum Gasteiger partial charge on any atom is -0.497 e.